The van der Waals surface area contributed by atoms with Crippen LogP contribution in [-0.4, -0.2) is 23.2 Å². The van der Waals surface area contributed by atoms with E-state index in [1.54, 1.807) is 6.92 Å². The number of pyridine rings is 1. The number of piperidine rings is 1. The van der Waals surface area contributed by atoms with Crippen molar-refractivity contribution >= 4 is 5.69 Å². The molecule has 3 nitrogen and oxygen atoms in total. The summed E-state index contributed by atoms with van der Waals surface area (Å²) in [5.41, 5.74) is 1.93. The first kappa shape index (κ1) is 10.4. The number of rotatable bonds is 2. The SMILES string of the molecule is C[C@H](O)c1ccc(N2CCCCC2)cn1. The Bertz CT molecular complexity index is 302. The minimum Gasteiger partial charge on any atom is -0.387 e. The average molecular weight is 206 g/mol. The van der Waals surface area contributed by atoms with Crippen LogP contribution in [0.25, 0.3) is 0 Å². The first-order valence-corrected chi connectivity index (χ1v) is 5.66. The standard InChI is InChI=1S/C12H18N2O/c1-10(15)12-6-5-11(9-13-12)14-7-3-2-4-8-14/h5-6,9-10,15H,2-4,7-8H2,1H3/t10-/m0/s1. The highest BCUT2D eigenvalue weighted by Gasteiger charge is 2.11. The molecule has 1 saturated heterocycles. The van der Waals surface area contributed by atoms with Crippen molar-refractivity contribution in [3.63, 3.8) is 0 Å². The smallest absolute Gasteiger partial charge is 0.0931 e. The number of aliphatic hydroxyl groups is 1. The normalized spacial score (nSPS) is 18.9. The summed E-state index contributed by atoms with van der Waals surface area (Å²) in [6.07, 6.45) is 5.29. The molecule has 0 aliphatic carbocycles. The summed E-state index contributed by atoms with van der Waals surface area (Å²) in [5.74, 6) is 0. The molecule has 0 amide bonds. The third-order valence-corrected chi connectivity index (χ3v) is 2.92. The Hall–Kier alpha value is -1.09. The molecule has 82 valence electrons. The lowest BCUT2D eigenvalue weighted by molar-refractivity contribution is 0.194. The van der Waals surface area contributed by atoms with Crippen molar-refractivity contribution in [2.75, 3.05) is 18.0 Å². The van der Waals surface area contributed by atoms with Crippen LogP contribution in [0.2, 0.25) is 0 Å². The third-order valence-electron chi connectivity index (χ3n) is 2.92. The Morgan fingerprint density at radius 2 is 2.00 bits per heavy atom. The fraction of sp³-hybridized carbons (Fsp3) is 0.583. The number of anilines is 1. The number of aliphatic hydroxyl groups excluding tert-OH is 1. The van der Waals surface area contributed by atoms with Crippen molar-refractivity contribution in [3.05, 3.63) is 24.0 Å². The van der Waals surface area contributed by atoms with Gasteiger partial charge in [0.15, 0.2) is 0 Å². The van der Waals surface area contributed by atoms with E-state index in [2.05, 4.69) is 16.0 Å². The van der Waals surface area contributed by atoms with Crippen LogP contribution in [0.1, 0.15) is 38.0 Å². The molecule has 2 rings (SSSR count). The second-order valence-electron chi connectivity index (χ2n) is 4.16. The third kappa shape index (κ3) is 2.48. The Kier molecular flexibility index (Phi) is 3.21. The van der Waals surface area contributed by atoms with Gasteiger partial charge in [0, 0.05) is 13.1 Å². The van der Waals surface area contributed by atoms with Gasteiger partial charge in [-0.15, -0.1) is 0 Å². The highest BCUT2D eigenvalue weighted by molar-refractivity contribution is 5.44. The van der Waals surface area contributed by atoms with Crippen LogP contribution in [0.15, 0.2) is 18.3 Å². The molecule has 1 atom stereocenters. The van der Waals surface area contributed by atoms with Crippen molar-refractivity contribution < 1.29 is 5.11 Å². The minimum atomic E-state index is -0.472. The Balaban J connectivity index is 2.08. The number of nitrogens with zero attached hydrogens (tertiary/aromatic N) is 2. The van der Waals surface area contributed by atoms with Crippen LogP contribution >= 0.6 is 0 Å². The molecular formula is C12H18N2O. The van der Waals surface area contributed by atoms with Crippen molar-refractivity contribution in [2.24, 2.45) is 0 Å². The van der Waals surface area contributed by atoms with Crippen molar-refractivity contribution in [1.82, 2.24) is 4.98 Å². The minimum absolute atomic E-state index is 0.472. The molecule has 3 heteroatoms. The second kappa shape index (κ2) is 4.62. The Morgan fingerprint density at radius 3 is 2.53 bits per heavy atom. The molecule has 2 heterocycles. The van der Waals surface area contributed by atoms with Crippen LogP contribution in [0.5, 0.6) is 0 Å². The maximum Gasteiger partial charge on any atom is 0.0931 e. The second-order valence-corrected chi connectivity index (χ2v) is 4.16. The van der Waals surface area contributed by atoms with Gasteiger partial charge in [0.05, 0.1) is 23.7 Å². The van der Waals surface area contributed by atoms with Crippen LogP contribution in [-0.2, 0) is 0 Å². The van der Waals surface area contributed by atoms with Crippen LogP contribution in [0, 0.1) is 0 Å². The molecule has 0 radical (unpaired) electrons. The first-order chi connectivity index (χ1) is 7.27. The lowest BCUT2D eigenvalue weighted by atomic mass is 10.1. The predicted molar refractivity (Wildman–Crippen MR) is 60.9 cm³/mol. The zero-order valence-electron chi connectivity index (χ0n) is 9.19. The molecule has 0 saturated carbocycles. The lowest BCUT2D eigenvalue weighted by Crippen LogP contribution is -2.29. The molecule has 15 heavy (non-hydrogen) atoms. The van der Waals surface area contributed by atoms with Crippen LogP contribution in [0.3, 0.4) is 0 Å². The number of aromatic nitrogens is 1. The van der Waals surface area contributed by atoms with Crippen molar-refractivity contribution in [3.8, 4) is 0 Å². The molecule has 0 bridgehead atoms. The maximum atomic E-state index is 9.35. The summed E-state index contributed by atoms with van der Waals surface area (Å²) in [6.45, 7) is 4.01. The highest BCUT2D eigenvalue weighted by Crippen LogP contribution is 2.20. The summed E-state index contributed by atoms with van der Waals surface area (Å²) in [4.78, 5) is 6.63. The van der Waals surface area contributed by atoms with E-state index in [9.17, 15) is 5.11 Å². The molecule has 1 aromatic heterocycles. The van der Waals surface area contributed by atoms with Gasteiger partial charge in [0.25, 0.3) is 0 Å². The summed E-state index contributed by atoms with van der Waals surface area (Å²) in [6, 6.07) is 3.97. The zero-order valence-corrected chi connectivity index (χ0v) is 9.19. The Labute approximate surface area is 90.8 Å². The highest BCUT2D eigenvalue weighted by atomic mass is 16.3. The summed E-state index contributed by atoms with van der Waals surface area (Å²) in [7, 11) is 0. The monoisotopic (exact) mass is 206 g/mol. The van der Waals surface area contributed by atoms with Gasteiger partial charge in [-0.2, -0.15) is 0 Å². The van der Waals surface area contributed by atoms with E-state index in [1.165, 1.54) is 24.9 Å². The molecule has 1 fully saturated rings. The van der Waals surface area contributed by atoms with E-state index in [1.807, 2.05) is 12.3 Å². The van der Waals surface area contributed by atoms with E-state index < -0.39 is 6.10 Å². The topological polar surface area (TPSA) is 36.4 Å². The van der Waals surface area contributed by atoms with Crippen molar-refractivity contribution in [2.45, 2.75) is 32.3 Å². The predicted octanol–water partition coefficient (Wildman–Crippen LogP) is 2.13. The van der Waals surface area contributed by atoms with Gasteiger partial charge in [-0.05, 0) is 38.3 Å². The quantitative estimate of drug-likeness (QED) is 0.805. The van der Waals surface area contributed by atoms with E-state index in [0.717, 1.165) is 18.8 Å². The van der Waals surface area contributed by atoms with Gasteiger partial charge in [0.1, 0.15) is 0 Å². The van der Waals surface area contributed by atoms with Gasteiger partial charge >= 0.3 is 0 Å². The molecular weight excluding hydrogens is 188 g/mol. The molecule has 1 aliphatic rings. The first-order valence-electron chi connectivity index (χ1n) is 5.66. The van der Waals surface area contributed by atoms with Gasteiger partial charge in [0.2, 0.25) is 0 Å². The van der Waals surface area contributed by atoms with Gasteiger partial charge in [-0.3, -0.25) is 4.98 Å². The molecule has 1 aliphatic heterocycles. The molecule has 0 unspecified atom stereocenters. The maximum absolute atomic E-state index is 9.35. The molecule has 0 aromatic carbocycles. The largest absolute Gasteiger partial charge is 0.387 e. The van der Waals surface area contributed by atoms with E-state index in [0.29, 0.717) is 0 Å². The molecule has 0 spiro atoms. The summed E-state index contributed by atoms with van der Waals surface area (Å²) in [5, 5.41) is 9.35. The molecule has 1 N–H and O–H groups in total. The number of hydrogen-bond donors (Lipinski definition) is 1. The summed E-state index contributed by atoms with van der Waals surface area (Å²) < 4.78 is 0. The van der Waals surface area contributed by atoms with Gasteiger partial charge < -0.3 is 10.0 Å². The fourth-order valence-corrected chi connectivity index (χ4v) is 1.98. The van der Waals surface area contributed by atoms with Gasteiger partial charge in [-0.1, -0.05) is 0 Å². The van der Waals surface area contributed by atoms with E-state index in [-0.39, 0.29) is 0 Å². The average Bonchev–Trinajstić information content (AvgIpc) is 2.30. The van der Waals surface area contributed by atoms with Crippen LogP contribution < -0.4 is 4.90 Å². The Morgan fingerprint density at radius 1 is 1.27 bits per heavy atom. The van der Waals surface area contributed by atoms with Crippen LogP contribution in [0.4, 0.5) is 5.69 Å². The van der Waals surface area contributed by atoms with E-state index >= 15 is 0 Å². The fourth-order valence-electron chi connectivity index (χ4n) is 1.98. The van der Waals surface area contributed by atoms with Gasteiger partial charge in [-0.25, -0.2) is 0 Å². The van der Waals surface area contributed by atoms with E-state index in [4.69, 9.17) is 0 Å². The lowest BCUT2D eigenvalue weighted by Gasteiger charge is -2.28. The van der Waals surface area contributed by atoms with Crippen molar-refractivity contribution in [1.29, 1.82) is 0 Å². The molecule has 1 aromatic rings. The zero-order chi connectivity index (χ0) is 10.7. The summed E-state index contributed by atoms with van der Waals surface area (Å²) >= 11 is 0. The number of hydrogen-bond acceptors (Lipinski definition) is 3.